The van der Waals surface area contributed by atoms with E-state index in [0.717, 1.165) is 18.0 Å². The van der Waals surface area contributed by atoms with Gasteiger partial charge in [-0.15, -0.1) is 11.3 Å². The third-order valence-electron chi connectivity index (χ3n) is 2.67. The van der Waals surface area contributed by atoms with Crippen LogP contribution < -0.4 is 14.8 Å². The molecule has 1 N–H and O–H groups in total. The smallest absolute Gasteiger partial charge is 0.163 e. The van der Waals surface area contributed by atoms with Crippen molar-refractivity contribution in [3.63, 3.8) is 0 Å². The molecule has 18 heavy (non-hydrogen) atoms. The van der Waals surface area contributed by atoms with Crippen LogP contribution in [0.4, 0.5) is 5.69 Å². The minimum absolute atomic E-state index is 0.575. The standard InChI is InChI=1S/C13H12ClNO2S/c14-10-6-12-13(17-4-3-16-12)7-11(10)15-8-9-2-1-5-18-9/h1-2,5-7,15H,3-4,8H2. The Morgan fingerprint density at radius 1 is 1.22 bits per heavy atom. The van der Waals surface area contributed by atoms with Gasteiger partial charge in [0.2, 0.25) is 0 Å². The van der Waals surface area contributed by atoms with Gasteiger partial charge in [-0.05, 0) is 11.4 Å². The van der Waals surface area contributed by atoms with Gasteiger partial charge in [-0.3, -0.25) is 0 Å². The van der Waals surface area contributed by atoms with E-state index in [-0.39, 0.29) is 0 Å². The molecule has 0 fully saturated rings. The van der Waals surface area contributed by atoms with Crippen LogP contribution in [0.5, 0.6) is 11.5 Å². The maximum absolute atomic E-state index is 6.21. The van der Waals surface area contributed by atoms with Gasteiger partial charge in [0, 0.05) is 23.6 Å². The molecule has 0 bridgehead atoms. The lowest BCUT2D eigenvalue weighted by molar-refractivity contribution is 0.171. The van der Waals surface area contributed by atoms with E-state index >= 15 is 0 Å². The van der Waals surface area contributed by atoms with Crippen LogP contribution in [0.2, 0.25) is 5.02 Å². The number of hydrogen-bond donors (Lipinski definition) is 1. The maximum Gasteiger partial charge on any atom is 0.163 e. The molecule has 1 aliphatic heterocycles. The Balaban J connectivity index is 1.79. The monoisotopic (exact) mass is 281 g/mol. The Morgan fingerprint density at radius 2 is 2.00 bits per heavy atom. The zero-order valence-electron chi connectivity index (χ0n) is 9.61. The van der Waals surface area contributed by atoms with Crippen LogP contribution in [0.1, 0.15) is 4.88 Å². The first-order chi connectivity index (χ1) is 8.83. The lowest BCUT2D eigenvalue weighted by Crippen LogP contribution is -2.15. The van der Waals surface area contributed by atoms with E-state index in [4.69, 9.17) is 21.1 Å². The van der Waals surface area contributed by atoms with Crippen molar-refractivity contribution in [2.24, 2.45) is 0 Å². The highest BCUT2D eigenvalue weighted by Crippen LogP contribution is 2.38. The molecule has 0 saturated carbocycles. The number of halogens is 1. The fourth-order valence-electron chi connectivity index (χ4n) is 1.79. The number of benzene rings is 1. The number of thiophene rings is 1. The zero-order chi connectivity index (χ0) is 12.4. The Labute approximate surface area is 114 Å². The first kappa shape index (κ1) is 11.7. The van der Waals surface area contributed by atoms with Gasteiger partial charge in [-0.25, -0.2) is 0 Å². The largest absolute Gasteiger partial charge is 0.486 e. The second-order valence-corrected chi connectivity index (χ2v) is 5.35. The van der Waals surface area contributed by atoms with Crippen molar-refractivity contribution in [1.29, 1.82) is 0 Å². The maximum atomic E-state index is 6.21. The lowest BCUT2D eigenvalue weighted by Gasteiger charge is -2.20. The van der Waals surface area contributed by atoms with Gasteiger partial charge in [-0.2, -0.15) is 0 Å². The summed E-state index contributed by atoms with van der Waals surface area (Å²) < 4.78 is 11.0. The molecule has 94 valence electrons. The van der Waals surface area contributed by atoms with Gasteiger partial charge >= 0.3 is 0 Å². The topological polar surface area (TPSA) is 30.5 Å². The molecule has 0 spiro atoms. The highest BCUT2D eigenvalue weighted by molar-refractivity contribution is 7.09. The summed E-state index contributed by atoms with van der Waals surface area (Å²) in [6.45, 7) is 1.92. The molecule has 1 aromatic heterocycles. The van der Waals surface area contributed by atoms with E-state index in [1.807, 2.05) is 12.1 Å². The van der Waals surface area contributed by atoms with E-state index < -0.39 is 0 Å². The molecule has 0 saturated heterocycles. The predicted octanol–water partition coefficient (Wildman–Crippen LogP) is 3.78. The number of ether oxygens (including phenoxy) is 2. The molecular weight excluding hydrogens is 270 g/mol. The molecule has 0 radical (unpaired) electrons. The van der Waals surface area contributed by atoms with Gasteiger partial charge in [0.15, 0.2) is 11.5 Å². The first-order valence-electron chi connectivity index (χ1n) is 5.68. The van der Waals surface area contributed by atoms with Crippen molar-refractivity contribution >= 4 is 28.6 Å². The molecule has 3 rings (SSSR count). The summed E-state index contributed by atoms with van der Waals surface area (Å²) in [5.74, 6) is 1.47. The van der Waals surface area contributed by atoms with Gasteiger partial charge < -0.3 is 14.8 Å². The molecule has 0 aliphatic carbocycles. The van der Waals surface area contributed by atoms with Gasteiger partial charge in [-0.1, -0.05) is 17.7 Å². The van der Waals surface area contributed by atoms with Crippen LogP contribution in [-0.4, -0.2) is 13.2 Å². The second kappa shape index (κ2) is 5.08. The van der Waals surface area contributed by atoms with E-state index in [1.54, 1.807) is 17.4 Å². The Hall–Kier alpha value is -1.39. The minimum atomic E-state index is 0.575. The third kappa shape index (κ3) is 2.40. The van der Waals surface area contributed by atoms with Crippen LogP contribution >= 0.6 is 22.9 Å². The molecule has 1 aliphatic rings. The van der Waals surface area contributed by atoms with E-state index in [2.05, 4.69) is 16.8 Å². The summed E-state index contributed by atoms with van der Waals surface area (Å²) >= 11 is 7.92. The molecule has 0 unspecified atom stereocenters. The molecule has 2 heterocycles. The van der Waals surface area contributed by atoms with Crippen molar-refractivity contribution in [3.8, 4) is 11.5 Å². The molecule has 1 aromatic carbocycles. The fourth-order valence-corrected chi connectivity index (χ4v) is 2.66. The third-order valence-corrected chi connectivity index (χ3v) is 3.85. The molecule has 3 nitrogen and oxygen atoms in total. The Kier molecular flexibility index (Phi) is 3.30. The average Bonchev–Trinajstić information content (AvgIpc) is 2.89. The number of anilines is 1. The van der Waals surface area contributed by atoms with Crippen LogP contribution in [0.3, 0.4) is 0 Å². The van der Waals surface area contributed by atoms with Crippen molar-refractivity contribution in [3.05, 3.63) is 39.5 Å². The summed E-state index contributed by atoms with van der Waals surface area (Å²) in [6, 6.07) is 7.81. The van der Waals surface area contributed by atoms with Gasteiger partial charge in [0.25, 0.3) is 0 Å². The average molecular weight is 282 g/mol. The molecule has 5 heteroatoms. The summed E-state index contributed by atoms with van der Waals surface area (Å²) in [5, 5.41) is 6.02. The zero-order valence-corrected chi connectivity index (χ0v) is 11.2. The highest BCUT2D eigenvalue weighted by atomic mass is 35.5. The van der Waals surface area contributed by atoms with Crippen molar-refractivity contribution in [1.82, 2.24) is 0 Å². The fraction of sp³-hybridized carbons (Fsp3) is 0.231. The van der Waals surface area contributed by atoms with Crippen LogP contribution in [0.15, 0.2) is 29.6 Å². The summed E-state index contributed by atoms with van der Waals surface area (Å²) in [4.78, 5) is 1.26. The molecule has 0 amide bonds. The van der Waals surface area contributed by atoms with E-state index in [9.17, 15) is 0 Å². The lowest BCUT2D eigenvalue weighted by atomic mass is 10.2. The van der Waals surface area contributed by atoms with E-state index in [0.29, 0.717) is 24.0 Å². The van der Waals surface area contributed by atoms with E-state index in [1.165, 1.54) is 4.88 Å². The predicted molar refractivity (Wildman–Crippen MR) is 74.1 cm³/mol. The SMILES string of the molecule is Clc1cc2c(cc1NCc1cccs1)OCCO2. The molecule has 0 atom stereocenters. The first-order valence-corrected chi connectivity index (χ1v) is 6.94. The number of hydrogen-bond acceptors (Lipinski definition) is 4. The molecular formula is C13H12ClNO2S. The number of fused-ring (bicyclic) bond motifs is 1. The van der Waals surface area contributed by atoms with Gasteiger partial charge in [0.05, 0.1) is 10.7 Å². The van der Waals surface area contributed by atoms with Crippen LogP contribution in [0, 0.1) is 0 Å². The van der Waals surface area contributed by atoms with Crippen molar-refractivity contribution < 1.29 is 9.47 Å². The number of nitrogens with one attached hydrogen (secondary N) is 1. The van der Waals surface area contributed by atoms with Crippen molar-refractivity contribution in [2.75, 3.05) is 18.5 Å². The minimum Gasteiger partial charge on any atom is -0.486 e. The van der Waals surface area contributed by atoms with Crippen molar-refractivity contribution in [2.45, 2.75) is 6.54 Å². The van der Waals surface area contributed by atoms with Crippen LogP contribution in [0.25, 0.3) is 0 Å². The Bertz CT molecular complexity index is 542. The summed E-state index contributed by atoms with van der Waals surface area (Å²) in [6.07, 6.45) is 0. The summed E-state index contributed by atoms with van der Waals surface area (Å²) in [5.41, 5.74) is 0.870. The highest BCUT2D eigenvalue weighted by Gasteiger charge is 2.14. The Morgan fingerprint density at radius 3 is 2.72 bits per heavy atom. The summed E-state index contributed by atoms with van der Waals surface area (Å²) in [7, 11) is 0. The second-order valence-electron chi connectivity index (χ2n) is 3.91. The molecule has 2 aromatic rings. The quantitative estimate of drug-likeness (QED) is 0.929. The normalized spacial score (nSPS) is 13.4. The van der Waals surface area contributed by atoms with Gasteiger partial charge in [0.1, 0.15) is 13.2 Å². The van der Waals surface area contributed by atoms with Crippen LogP contribution in [-0.2, 0) is 6.54 Å². The number of rotatable bonds is 3.